The molecule has 1 aliphatic carbocycles. The molecular formula is C22H38IN3O3S. The number of aryl methyl sites for hydroxylation is 1. The van der Waals surface area contributed by atoms with Crippen LogP contribution in [-0.2, 0) is 16.4 Å². The smallest absolute Gasteiger partial charge is 0.191 e. The molecule has 0 radical (unpaired) electrons. The van der Waals surface area contributed by atoms with Crippen molar-refractivity contribution in [3.8, 4) is 5.75 Å². The van der Waals surface area contributed by atoms with E-state index >= 15 is 0 Å². The molecule has 8 heteroatoms. The Morgan fingerprint density at radius 2 is 1.93 bits per heavy atom. The van der Waals surface area contributed by atoms with Crippen LogP contribution in [-0.4, -0.2) is 46.6 Å². The fourth-order valence-electron chi connectivity index (χ4n) is 3.43. The van der Waals surface area contributed by atoms with Crippen molar-refractivity contribution in [2.24, 2.45) is 10.4 Å². The van der Waals surface area contributed by atoms with E-state index < -0.39 is 9.84 Å². The van der Waals surface area contributed by atoms with Crippen LogP contribution in [0.15, 0.2) is 23.2 Å². The fourth-order valence-corrected chi connectivity index (χ4v) is 4.93. The quantitative estimate of drug-likeness (QED) is 0.177. The second-order valence-electron chi connectivity index (χ2n) is 8.37. The Labute approximate surface area is 199 Å². The third-order valence-electron chi connectivity index (χ3n) is 5.30. The number of aliphatic imine (C=N–C) groups is 1. The highest BCUT2D eigenvalue weighted by Gasteiger charge is 2.45. The zero-order valence-corrected chi connectivity index (χ0v) is 21.9. The topological polar surface area (TPSA) is 79.8 Å². The maximum absolute atomic E-state index is 11.6. The number of rotatable bonds is 12. The van der Waals surface area contributed by atoms with E-state index in [-0.39, 0.29) is 35.1 Å². The molecule has 0 atom stereocenters. The SMILES string of the molecule is CCCCCCOc1cc(C)ccc1CNC(=NC)NCC1(CS(C)(=O)=O)CC1.I. The number of nitrogens with zero attached hydrogens (tertiary/aromatic N) is 1. The number of sulfone groups is 1. The van der Waals surface area contributed by atoms with E-state index in [9.17, 15) is 8.42 Å². The normalized spacial score (nSPS) is 15.3. The molecule has 1 aromatic rings. The van der Waals surface area contributed by atoms with Gasteiger partial charge in [-0.3, -0.25) is 4.99 Å². The molecule has 1 aliphatic rings. The van der Waals surface area contributed by atoms with Crippen molar-refractivity contribution in [1.82, 2.24) is 10.6 Å². The van der Waals surface area contributed by atoms with Crippen molar-refractivity contribution >= 4 is 39.8 Å². The average Bonchev–Trinajstić information content (AvgIpc) is 3.40. The average molecular weight is 552 g/mol. The summed E-state index contributed by atoms with van der Waals surface area (Å²) in [5, 5.41) is 6.62. The van der Waals surface area contributed by atoms with E-state index in [1.54, 1.807) is 7.05 Å². The van der Waals surface area contributed by atoms with Gasteiger partial charge in [-0.25, -0.2) is 8.42 Å². The highest BCUT2D eigenvalue weighted by molar-refractivity contribution is 14.0. The van der Waals surface area contributed by atoms with Crippen LogP contribution in [0.3, 0.4) is 0 Å². The minimum Gasteiger partial charge on any atom is -0.493 e. The van der Waals surface area contributed by atoms with Gasteiger partial charge in [0.25, 0.3) is 0 Å². The predicted octanol–water partition coefficient (Wildman–Crippen LogP) is 4.06. The maximum atomic E-state index is 11.6. The van der Waals surface area contributed by atoms with Crippen LogP contribution < -0.4 is 15.4 Å². The van der Waals surface area contributed by atoms with E-state index in [0.717, 1.165) is 37.2 Å². The minimum absolute atomic E-state index is 0. The summed E-state index contributed by atoms with van der Waals surface area (Å²) < 4.78 is 29.3. The van der Waals surface area contributed by atoms with E-state index in [0.29, 0.717) is 19.0 Å². The number of unbranched alkanes of at least 4 members (excludes halogenated alkanes) is 3. The van der Waals surface area contributed by atoms with Gasteiger partial charge >= 0.3 is 0 Å². The Hall–Kier alpha value is -1.03. The largest absolute Gasteiger partial charge is 0.493 e. The van der Waals surface area contributed by atoms with Crippen molar-refractivity contribution in [1.29, 1.82) is 0 Å². The molecule has 6 nitrogen and oxygen atoms in total. The maximum Gasteiger partial charge on any atom is 0.191 e. The highest BCUT2D eigenvalue weighted by Crippen LogP contribution is 2.46. The molecule has 0 saturated heterocycles. The van der Waals surface area contributed by atoms with Crippen molar-refractivity contribution in [2.75, 3.05) is 32.2 Å². The molecule has 0 heterocycles. The van der Waals surface area contributed by atoms with Crippen LogP contribution in [0.4, 0.5) is 0 Å². The van der Waals surface area contributed by atoms with Gasteiger partial charge < -0.3 is 15.4 Å². The molecule has 1 fully saturated rings. The lowest BCUT2D eigenvalue weighted by Gasteiger charge is -2.19. The van der Waals surface area contributed by atoms with Crippen LogP contribution >= 0.6 is 24.0 Å². The van der Waals surface area contributed by atoms with Gasteiger partial charge in [-0.15, -0.1) is 24.0 Å². The number of benzene rings is 1. The fraction of sp³-hybridized carbons (Fsp3) is 0.682. The summed E-state index contributed by atoms with van der Waals surface area (Å²) in [6, 6.07) is 6.25. The van der Waals surface area contributed by atoms with Crippen molar-refractivity contribution in [3.05, 3.63) is 29.3 Å². The Kier molecular flexibility index (Phi) is 11.5. The Morgan fingerprint density at radius 3 is 2.53 bits per heavy atom. The summed E-state index contributed by atoms with van der Waals surface area (Å²) >= 11 is 0. The van der Waals surface area contributed by atoms with E-state index in [1.165, 1.54) is 31.1 Å². The van der Waals surface area contributed by atoms with Crippen LogP contribution in [0.5, 0.6) is 5.75 Å². The van der Waals surface area contributed by atoms with Crippen molar-refractivity contribution < 1.29 is 13.2 Å². The molecule has 1 saturated carbocycles. The van der Waals surface area contributed by atoms with Gasteiger partial charge in [0.2, 0.25) is 0 Å². The number of hydrogen-bond acceptors (Lipinski definition) is 4. The first-order valence-electron chi connectivity index (χ1n) is 10.6. The molecule has 0 bridgehead atoms. The minimum atomic E-state index is -2.97. The third-order valence-corrected chi connectivity index (χ3v) is 6.44. The van der Waals surface area contributed by atoms with Crippen LogP contribution in [0.2, 0.25) is 0 Å². The van der Waals surface area contributed by atoms with Crippen molar-refractivity contribution in [3.63, 3.8) is 0 Å². The molecule has 2 N–H and O–H groups in total. The monoisotopic (exact) mass is 551 g/mol. The molecule has 1 aromatic carbocycles. The lowest BCUT2D eigenvalue weighted by Crippen LogP contribution is -2.41. The lowest BCUT2D eigenvalue weighted by molar-refractivity contribution is 0.301. The zero-order valence-electron chi connectivity index (χ0n) is 18.8. The van der Waals surface area contributed by atoms with Crippen molar-refractivity contribution in [2.45, 2.75) is 58.9 Å². The Morgan fingerprint density at radius 1 is 1.20 bits per heavy atom. The Bertz CT molecular complexity index is 793. The zero-order chi connectivity index (χ0) is 21.3. The molecule has 0 aromatic heterocycles. The first-order chi connectivity index (χ1) is 13.8. The summed E-state index contributed by atoms with van der Waals surface area (Å²) in [6.07, 6.45) is 7.92. The van der Waals surface area contributed by atoms with Gasteiger partial charge in [0.05, 0.1) is 12.4 Å². The molecule has 30 heavy (non-hydrogen) atoms. The van der Waals surface area contributed by atoms with E-state index in [4.69, 9.17) is 4.74 Å². The Balaban J connectivity index is 0.00000450. The van der Waals surface area contributed by atoms with Crippen LogP contribution in [0, 0.1) is 12.3 Å². The summed E-state index contributed by atoms with van der Waals surface area (Å²) in [7, 11) is -1.24. The highest BCUT2D eigenvalue weighted by atomic mass is 127. The predicted molar refractivity (Wildman–Crippen MR) is 136 cm³/mol. The van der Waals surface area contributed by atoms with Gasteiger partial charge in [0, 0.05) is 37.4 Å². The third kappa shape index (κ3) is 9.85. The van der Waals surface area contributed by atoms with Gasteiger partial charge in [-0.1, -0.05) is 38.3 Å². The standard InChI is InChI=1S/C22H37N3O3S.HI/c1-5-6-7-8-13-28-20-14-18(2)9-10-19(20)15-24-21(23-3)25-16-22(11-12-22)17-29(4,26)27;/h9-10,14H,5-8,11-13,15-17H2,1-4H3,(H2,23,24,25);1H. The van der Waals surface area contributed by atoms with Gasteiger partial charge in [0.15, 0.2) is 5.96 Å². The second kappa shape index (κ2) is 12.7. The molecule has 2 rings (SSSR count). The second-order valence-corrected chi connectivity index (χ2v) is 10.5. The van der Waals surface area contributed by atoms with Gasteiger partial charge in [-0.05, 0) is 37.8 Å². The van der Waals surface area contributed by atoms with Crippen LogP contribution in [0.1, 0.15) is 56.6 Å². The summed E-state index contributed by atoms with van der Waals surface area (Å²) in [4.78, 5) is 4.28. The number of halogens is 1. The molecule has 0 spiro atoms. The number of nitrogens with one attached hydrogen (secondary N) is 2. The lowest BCUT2D eigenvalue weighted by atomic mass is 10.1. The van der Waals surface area contributed by atoms with E-state index in [1.807, 2.05) is 0 Å². The van der Waals surface area contributed by atoms with E-state index in [2.05, 4.69) is 47.7 Å². The molecule has 172 valence electrons. The summed E-state index contributed by atoms with van der Waals surface area (Å²) in [5.74, 6) is 1.83. The first kappa shape index (κ1) is 27.0. The number of guanidine groups is 1. The van der Waals surface area contributed by atoms with Gasteiger partial charge in [-0.2, -0.15) is 0 Å². The first-order valence-corrected chi connectivity index (χ1v) is 12.7. The molecule has 0 unspecified atom stereocenters. The molecular weight excluding hydrogens is 513 g/mol. The molecule has 0 aliphatic heterocycles. The number of hydrogen-bond donors (Lipinski definition) is 2. The molecule has 0 amide bonds. The summed E-state index contributed by atoms with van der Waals surface area (Å²) in [6.45, 7) is 6.23. The van der Waals surface area contributed by atoms with Gasteiger partial charge in [0.1, 0.15) is 15.6 Å². The summed E-state index contributed by atoms with van der Waals surface area (Å²) in [5.41, 5.74) is 2.13. The number of ether oxygens (including phenoxy) is 1. The van der Waals surface area contributed by atoms with Crippen LogP contribution in [0.25, 0.3) is 0 Å².